The van der Waals surface area contributed by atoms with Crippen LogP contribution in [-0.4, -0.2) is 31.4 Å². The molecule has 106 valence electrons. The molecule has 1 heterocycles. The molecule has 1 saturated heterocycles. The molecule has 2 atom stereocenters. The van der Waals surface area contributed by atoms with Crippen LogP contribution in [-0.2, 0) is 10.0 Å². The van der Waals surface area contributed by atoms with Gasteiger partial charge in [-0.15, -0.1) is 0 Å². The number of halogens is 2. The number of nitrogens with two attached hydrogens (primary N) is 1. The van der Waals surface area contributed by atoms with E-state index in [1.807, 2.05) is 6.92 Å². The highest BCUT2D eigenvalue weighted by Crippen LogP contribution is 2.31. The Morgan fingerprint density at radius 1 is 1.37 bits per heavy atom. The number of rotatable bonds is 2. The van der Waals surface area contributed by atoms with Crippen LogP contribution in [0.4, 0.5) is 0 Å². The smallest absolute Gasteiger partial charge is 0.244 e. The summed E-state index contributed by atoms with van der Waals surface area (Å²) in [5, 5.41) is 0.538. The SMILES string of the molecule is C[C@@H]1C[C@H](N)CCN1S(=O)(=O)c1cc(Cl)ccc1Cl. The third-order valence-electron chi connectivity index (χ3n) is 3.34. The highest BCUT2D eigenvalue weighted by molar-refractivity contribution is 7.89. The van der Waals surface area contributed by atoms with Gasteiger partial charge in [0.05, 0.1) is 5.02 Å². The second-order valence-corrected chi connectivity index (χ2v) is 7.53. The number of piperidine rings is 1. The van der Waals surface area contributed by atoms with Crippen LogP contribution < -0.4 is 5.73 Å². The molecule has 1 fully saturated rings. The van der Waals surface area contributed by atoms with Crippen LogP contribution in [0.25, 0.3) is 0 Å². The lowest BCUT2D eigenvalue weighted by atomic mass is 10.0. The van der Waals surface area contributed by atoms with Crippen LogP contribution in [0.1, 0.15) is 19.8 Å². The fraction of sp³-hybridized carbons (Fsp3) is 0.500. The number of benzene rings is 1. The Bertz CT molecular complexity index is 577. The van der Waals surface area contributed by atoms with Crippen molar-refractivity contribution in [3.8, 4) is 0 Å². The van der Waals surface area contributed by atoms with E-state index in [-0.39, 0.29) is 22.0 Å². The Hall–Kier alpha value is -0.330. The molecule has 0 aliphatic carbocycles. The fourth-order valence-corrected chi connectivity index (χ4v) is 4.74. The Morgan fingerprint density at radius 2 is 2.05 bits per heavy atom. The summed E-state index contributed by atoms with van der Waals surface area (Å²) in [5.41, 5.74) is 5.85. The van der Waals surface area contributed by atoms with Crippen molar-refractivity contribution in [1.29, 1.82) is 0 Å². The van der Waals surface area contributed by atoms with Crippen molar-refractivity contribution >= 4 is 33.2 Å². The summed E-state index contributed by atoms with van der Waals surface area (Å²) in [4.78, 5) is 0.0592. The van der Waals surface area contributed by atoms with E-state index in [4.69, 9.17) is 28.9 Å². The van der Waals surface area contributed by atoms with Gasteiger partial charge in [-0.1, -0.05) is 23.2 Å². The minimum Gasteiger partial charge on any atom is -0.328 e. The monoisotopic (exact) mass is 322 g/mol. The first-order valence-corrected chi connectivity index (χ1v) is 8.24. The summed E-state index contributed by atoms with van der Waals surface area (Å²) < 4.78 is 26.7. The molecule has 0 spiro atoms. The van der Waals surface area contributed by atoms with Crippen molar-refractivity contribution in [2.75, 3.05) is 6.54 Å². The van der Waals surface area contributed by atoms with E-state index in [1.54, 1.807) is 6.07 Å². The van der Waals surface area contributed by atoms with Gasteiger partial charge in [0.1, 0.15) is 4.90 Å². The molecule has 0 radical (unpaired) electrons. The molecular formula is C12H16Cl2N2O2S. The molecule has 1 aliphatic heterocycles. The van der Waals surface area contributed by atoms with E-state index in [0.29, 0.717) is 24.4 Å². The van der Waals surface area contributed by atoms with Gasteiger partial charge in [0.2, 0.25) is 10.0 Å². The van der Waals surface area contributed by atoms with Gasteiger partial charge in [-0.2, -0.15) is 4.31 Å². The van der Waals surface area contributed by atoms with E-state index < -0.39 is 10.0 Å². The van der Waals surface area contributed by atoms with Crippen LogP contribution in [0.15, 0.2) is 23.1 Å². The third kappa shape index (κ3) is 3.06. The molecule has 4 nitrogen and oxygen atoms in total. The molecule has 0 saturated carbocycles. The van der Waals surface area contributed by atoms with Gasteiger partial charge < -0.3 is 5.73 Å². The zero-order valence-electron chi connectivity index (χ0n) is 10.5. The highest BCUT2D eigenvalue weighted by Gasteiger charge is 2.34. The molecule has 0 amide bonds. The Labute approximate surface area is 123 Å². The summed E-state index contributed by atoms with van der Waals surface area (Å²) in [6.45, 7) is 2.27. The van der Waals surface area contributed by atoms with Crippen LogP contribution in [0.2, 0.25) is 10.0 Å². The van der Waals surface area contributed by atoms with E-state index in [2.05, 4.69) is 0 Å². The van der Waals surface area contributed by atoms with Crippen LogP contribution in [0, 0.1) is 0 Å². The largest absolute Gasteiger partial charge is 0.328 e. The van der Waals surface area contributed by atoms with Crippen molar-refractivity contribution in [3.63, 3.8) is 0 Å². The maximum Gasteiger partial charge on any atom is 0.244 e. The topological polar surface area (TPSA) is 63.4 Å². The summed E-state index contributed by atoms with van der Waals surface area (Å²) >= 11 is 11.8. The predicted molar refractivity (Wildman–Crippen MR) is 77.0 cm³/mol. The lowest BCUT2D eigenvalue weighted by Crippen LogP contribution is -2.48. The summed E-state index contributed by atoms with van der Waals surface area (Å²) in [6, 6.07) is 4.37. The first-order chi connectivity index (χ1) is 8.82. The quantitative estimate of drug-likeness (QED) is 0.909. The molecule has 1 aliphatic rings. The molecule has 19 heavy (non-hydrogen) atoms. The van der Waals surface area contributed by atoms with Gasteiger partial charge in [-0.25, -0.2) is 8.42 Å². The Morgan fingerprint density at radius 3 is 2.68 bits per heavy atom. The van der Waals surface area contributed by atoms with E-state index >= 15 is 0 Å². The second kappa shape index (κ2) is 5.58. The van der Waals surface area contributed by atoms with Crippen LogP contribution in [0.3, 0.4) is 0 Å². The third-order valence-corrected chi connectivity index (χ3v) is 6.07. The van der Waals surface area contributed by atoms with Crippen molar-refractivity contribution < 1.29 is 8.42 Å². The summed E-state index contributed by atoms with van der Waals surface area (Å²) in [7, 11) is -3.63. The summed E-state index contributed by atoms with van der Waals surface area (Å²) in [6.07, 6.45) is 1.30. The molecule has 1 aromatic carbocycles. The maximum absolute atomic E-state index is 12.6. The number of nitrogens with zero attached hydrogens (tertiary/aromatic N) is 1. The van der Waals surface area contributed by atoms with E-state index in [1.165, 1.54) is 16.4 Å². The van der Waals surface area contributed by atoms with Crippen molar-refractivity contribution in [3.05, 3.63) is 28.2 Å². The average Bonchev–Trinajstić information content (AvgIpc) is 2.31. The van der Waals surface area contributed by atoms with Crippen molar-refractivity contribution in [2.24, 2.45) is 5.73 Å². The lowest BCUT2D eigenvalue weighted by molar-refractivity contribution is 0.247. The number of hydrogen-bond donors (Lipinski definition) is 1. The Balaban J connectivity index is 2.39. The van der Waals surface area contributed by atoms with Gasteiger partial charge in [-0.05, 0) is 38.0 Å². The van der Waals surface area contributed by atoms with Gasteiger partial charge in [0, 0.05) is 23.7 Å². The summed E-state index contributed by atoms with van der Waals surface area (Å²) in [5.74, 6) is 0. The fourth-order valence-electron chi connectivity index (χ4n) is 2.35. The van der Waals surface area contributed by atoms with E-state index in [9.17, 15) is 8.42 Å². The molecule has 2 rings (SSSR count). The van der Waals surface area contributed by atoms with Crippen LogP contribution in [0.5, 0.6) is 0 Å². The molecule has 7 heteroatoms. The molecule has 0 bridgehead atoms. The molecule has 2 N–H and O–H groups in total. The number of sulfonamides is 1. The first kappa shape index (κ1) is 15.1. The number of hydrogen-bond acceptors (Lipinski definition) is 3. The van der Waals surface area contributed by atoms with Crippen LogP contribution >= 0.6 is 23.2 Å². The van der Waals surface area contributed by atoms with Gasteiger partial charge in [0.25, 0.3) is 0 Å². The second-order valence-electron chi connectivity index (χ2n) is 4.82. The van der Waals surface area contributed by atoms with Crippen molar-refractivity contribution in [1.82, 2.24) is 4.31 Å². The van der Waals surface area contributed by atoms with Gasteiger partial charge in [0.15, 0.2) is 0 Å². The molecular weight excluding hydrogens is 307 g/mol. The first-order valence-electron chi connectivity index (χ1n) is 6.05. The molecule has 0 aromatic heterocycles. The van der Waals surface area contributed by atoms with E-state index in [0.717, 1.165) is 0 Å². The standard InChI is InChI=1S/C12H16Cl2N2O2S/c1-8-6-10(15)4-5-16(8)19(17,18)12-7-9(13)2-3-11(12)14/h2-3,7-8,10H,4-6,15H2,1H3/t8-,10-/m1/s1. The minimum absolute atomic E-state index is 0.0521. The predicted octanol–water partition coefficient (Wildman–Crippen LogP) is 2.49. The Kier molecular flexibility index (Phi) is 4.42. The maximum atomic E-state index is 12.6. The van der Waals surface area contributed by atoms with Gasteiger partial charge >= 0.3 is 0 Å². The zero-order chi connectivity index (χ0) is 14.2. The van der Waals surface area contributed by atoms with Crippen molar-refractivity contribution in [2.45, 2.75) is 36.7 Å². The average molecular weight is 323 g/mol. The zero-order valence-corrected chi connectivity index (χ0v) is 12.8. The minimum atomic E-state index is -3.63. The molecule has 0 unspecified atom stereocenters. The highest BCUT2D eigenvalue weighted by atomic mass is 35.5. The normalized spacial score (nSPS) is 25.5. The van der Waals surface area contributed by atoms with Gasteiger partial charge in [-0.3, -0.25) is 0 Å². The molecule has 1 aromatic rings. The lowest BCUT2D eigenvalue weighted by Gasteiger charge is -2.35.